The number of aliphatic carboxylic acids is 1. The summed E-state index contributed by atoms with van der Waals surface area (Å²) in [5.41, 5.74) is 0.576. The first kappa shape index (κ1) is 14.8. The lowest BCUT2D eigenvalue weighted by atomic mass is 9.85. The van der Waals surface area contributed by atoms with Gasteiger partial charge in [0.2, 0.25) is 0 Å². The van der Waals surface area contributed by atoms with Gasteiger partial charge in [-0.1, -0.05) is 12.8 Å². The molecule has 4 rings (SSSR count). The first-order valence-corrected chi connectivity index (χ1v) is 8.96. The van der Waals surface area contributed by atoms with Gasteiger partial charge in [-0.3, -0.25) is 18.9 Å². The average molecular weight is 333 g/mol. The largest absolute Gasteiger partial charge is 0.480 e. The molecule has 1 N–H and O–H groups in total. The second-order valence-corrected chi connectivity index (χ2v) is 7.39. The quantitative estimate of drug-likeness (QED) is 0.929. The maximum atomic E-state index is 12.1. The number of nitrogens with zero attached hydrogens (tertiary/aromatic N) is 3. The van der Waals surface area contributed by atoms with Crippen molar-refractivity contribution >= 4 is 22.3 Å². The molecule has 0 radical (unpaired) electrons. The lowest BCUT2D eigenvalue weighted by Crippen LogP contribution is -2.42. The molecule has 3 atom stereocenters. The minimum atomic E-state index is -0.756. The van der Waals surface area contributed by atoms with E-state index in [9.17, 15) is 14.7 Å². The molecule has 0 amide bonds. The summed E-state index contributed by atoms with van der Waals surface area (Å²) in [6, 6.07) is 1.40. The number of hydrogen-bond acceptors (Lipinski definition) is 5. The Labute approximate surface area is 137 Å². The molecule has 0 bridgehead atoms. The van der Waals surface area contributed by atoms with E-state index in [1.807, 2.05) is 5.38 Å². The van der Waals surface area contributed by atoms with Gasteiger partial charge in [-0.15, -0.1) is 11.3 Å². The van der Waals surface area contributed by atoms with Crippen LogP contribution in [-0.2, 0) is 11.3 Å². The van der Waals surface area contributed by atoms with E-state index < -0.39 is 12.0 Å². The van der Waals surface area contributed by atoms with E-state index in [0.717, 1.165) is 25.7 Å². The van der Waals surface area contributed by atoms with Gasteiger partial charge >= 0.3 is 5.97 Å². The number of carboxylic acids is 1. The van der Waals surface area contributed by atoms with Crippen LogP contribution in [-0.4, -0.2) is 37.4 Å². The Hall–Kier alpha value is -1.73. The van der Waals surface area contributed by atoms with Crippen LogP contribution < -0.4 is 5.56 Å². The van der Waals surface area contributed by atoms with Crippen molar-refractivity contribution in [2.24, 2.45) is 5.92 Å². The summed E-state index contributed by atoms with van der Waals surface area (Å²) in [5, 5.41) is 11.4. The summed E-state index contributed by atoms with van der Waals surface area (Å²) in [6.07, 6.45) is 6.96. The zero-order chi connectivity index (χ0) is 16.0. The Bertz CT molecular complexity index is 799. The van der Waals surface area contributed by atoms with E-state index >= 15 is 0 Å². The van der Waals surface area contributed by atoms with E-state index in [2.05, 4.69) is 9.88 Å². The molecule has 2 aromatic heterocycles. The van der Waals surface area contributed by atoms with E-state index in [1.165, 1.54) is 28.2 Å². The number of likely N-dealkylation sites (tertiary alicyclic amines) is 1. The van der Waals surface area contributed by atoms with Crippen molar-refractivity contribution in [1.82, 2.24) is 14.3 Å². The summed E-state index contributed by atoms with van der Waals surface area (Å²) in [6.45, 7) is 0.446. The van der Waals surface area contributed by atoms with E-state index in [-0.39, 0.29) is 5.56 Å². The summed E-state index contributed by atoms with van der Waals surface area (Å²) in [5.74, 6) is -0.287. The second kappa shape index (κ2) is 5.72. The molecular formula is C16H19N3O3S. The molecule has 122 valence electrons. The van der Waals surface area contributed by atoms with Crippen LogP contribution in [0.3, 0.4) is 0 Å². The lowest BCUT2D eigenvalue weighted by Gasteiger charge is -2.32. The molecule has 1 saturated carbocycles. The molecule has 1 saturated heterocycles. The predicted octanol–water partition coefficient (Wildman–Crippen LogP) is 1.97. The third-order valence-corrected chi connectivity index (χ3v) is 5.96. The van der Waals surface area contributed by atoms with Crippen molar-refractivity contribution in [3.8, 4) is 0 Å². The van der Waals surface area contributed by atoms with Gasteiger partial charge in [-0.05, 0) is 25.2 Å². The van der Waals surface area contributed by atoms with Gasteiger partial charge in [0.05, 0.1) is 5.69 Å². The zero-order valence-corrected chi connectivity index (χ0v) is 13.5. The average Bonchev–Trinajstić information content (AvgIpc) is 3.13. The number of carbonyl (C=O) groups is 1. The van der Waals surface area contributed by atoms with Gasteiger partial charge < -0.3 is 5.11 Å². The van der Waals surface area contributed by atoms with Crippen LogP contribution >= 0.6 is 11.3 Å². The molecule has 1 aliphatic heterocycles. The number of rotatable bonds is 3. The third-order valence-electron chi connectivity index (χ3n) is 5.21. The minimum absolute atomic E-state index is 0.0995. The highest BCUT2D eigenvalue weighted by Gasteiger charge is 2.45. The molecule has 0 spiro atoms. The molecule has 3 heterocycles. The summed E-state index contributed by atoms with van der Waals surface area (Å²) in [4.78, 5) is 31.1. The number of aromatic nitrogens is 2. The Balaban J connectivity index is 1.66. The Morgan fingerprint density at radius 2 is 2.22 bits per heavy atom. The predicted molar refractivity (Wildman–Crippen MR) is 86.7 cm³/mol. The van der Waals surface area contributed by atoms with Crippen molar-refractivity contribution in [3.63, 3.8) is 0 Å². The highest BCUT2D eigenvalue weighted by Crippen LogP contribution is 2.40. The summed E-state index contributed by atoms with van der Waals surface area (Å²) >= 11 is 1.42. The molecule has 7 heteroatoms. The molecule has 2 aromatic rings. The molecule has 1 aliphatic carbocycles. The number of fused-ring (bicyclic) bond motifs is 2. The van der Waals surface area contributed by atoms with Crippen LogP contribution in [0.5, 0.6) is 0 Å². The van der Waals surface area contributed by atoms with Crippen LogP contribution in [0.2, 0.25) is 0 Å². The summed E-state index contributed by atoms with van der Waals surface area (Å²) in [7, 11) is 0. The first-order valence-electron chi connectivity index (χ1n) is 8.08. The van der Waals surface area contributed by atoms with Gasteiger partial charge in [0, 0.05) is 30.2 Å². The van der Waals surface area contributed by atoms with E-state index in [0.29, 0.717) is 29.2 Å². The smallest absolute Gasteiger partial charge is 0.320 e. The molecule has 3 unspecified atom stereocenters. The van der Waals surface area contributed by atoms with E-state index in [4.69, 9.17) is 0 Å². The van der Waals surface area contributed by atoms with Crippen molar-refractivity contribution in [3.05, 3.63) is 33.7 Å². The second-order valence-electron chi connectivity index (χ2n) is 6.52. The van der Waals surface area contributed by atoms with Crippen molar-refractivity contribution < 1.29 is 9.90 Å². The van der Waals surface area contributed by atoms with Crippen LogP contribution in [0.1, 0.15) is 37.8 Å². The fraction of sp³-hybridized carbons (Fsp3) is 0.562. The highest BCUT2D eigenvalue weighted by atomic mass is 32.1. The van der Waals surface area contributed by atoms with Crippen molar-refractivity contribution in [2.75, 3.05) is 0 Å². The number of thiazole rings is 1. The zero-order valence-electron chi connectivity index (χ0n) is 12.7. The van der Waals surface area contributed by atoms with Crippen LogP contribution in [0.25, 0.3) is 4.96 Å². The molecule has 6 nitrogen and oxygen atoms in total. The monoisotopic (exact) mass is 333 g/mol. The van der Waals surface area contributed by atoms with Crippen molar-refractivity contribution in [2.45, 2.75) is 50.7 Å². The molecule has 23 heavy (non-hydrogen) atoms. The van der Waals surface area contributed by atoms with E-state index in [1.54, 1.807) is 6.20 Å². The standard InChI is InChI=1S/C16H19N3O3S/c20-14-8-11(17-16-18(14)5-6-23-16)9-19-12-4-2-1-3-10(12)7-13(19)15(21)22/h5-6,8,10,12-13H,1-4,7,9H2,(H,21,22). The topological polar surface area (TPSA) is 74.9 Å². The number of hydrogen-bond donors (Lipinski definition) is 1. The fourth-order valence-electron chi connectivity index (χ4n) is 4.18. The minimum Gasteiger partial charge on any atom is -0.480 e. The molecule has 2 aliphatic rings. The normalized spacial score (nSPS) is 28.1. The Kier molecular flexibility index (Phi) is 3.69. The van der Waals surface area contributed by atoms with Gasteiger partial charge in [0.25, 0.3) is 5.56 Å². The SMILES string of the molecule is O=C(O)C1CC2CCCCC2N1Cc1cc(=O)n2ccsc2n1. The van der Waals surface area contributed by atoms with Crippen LogP contribution in [0.4, 0.5) is 0 Å². The molecular weight excluding hydrogens is 314 g/mol. The maximum Gasteiger partial charge on any atom is 0.320 e. The molecule has 2 fully saturated rings. The van der Waals surface area contributed by atoms with Crippen molar-refractivity contribution in [1.29, 1.82) is 0 Å². The highest BCUT2D eigenvalue weighted by molar-refractivity contribution is 7.15. The van der Waals surface area contributed by atoms with Gasteiger partial charge in [0.1, 0.15) is 6.04 Å². The van der Waals surface area contributed by atoms with Gasteiger partial charge in [0.15, 0.2) is 4.96 Å². The summed E-state index contributed by atoms with van der Waals surface area (Å²) < 4.78 is 1.52. The first-order chi connectivity index (χ1) is 11.1. The van der Waals surface area contributed by atoms with Gasteiger partial charge in [-0.2, -0.15) is 0 Å². The fourth-order valence-corrected chi connectivity index (χ4v) is 4.92. The third kappa shape index (κ3) is 2.57. The lowest BCUT2D eigenvalue weighted by molar-refractivity contribution is -0.142. The Morgan fingerprint density at radius 3 is 3.04 bits per heavy atom. The van der Waals surface area contributed by atoms with Crippen LogP contribution in [0.15, 0.2) is 22.4 Å². The Morgan fingerprint density at radius 1 is 1.39 bits per heavy atom. The van der Waals surface area contributed by atoms with Crippen LogP contribution in [0, 0.1) is 5.92 Å². The molecule has 0 aromatic carbocycles. The maximum absolute atomic E-state index is 12.1. The van der Waals surface area contributed by atoms with Gasteiger partial charge in [-0.25, -0.2) is 4.98 Å². The number of carboxylic acid groups (broad SMARTS) is 1.